The van der Waals surface area contributed by atoms with Crippen LogP contribution in [-0.2, 0) is 29.2 Å². The molecular formula is C18H32NNaO9S. The van der Waals surface area contributed by atoms with Crippen LogP contribution in [0.25, 0.3) is 0 Å². The van der Waals surface area contributed by atoms with Gasteiger partial charge in [-0.2, -0.15) is 0 Å². The van der Waals surface area contributed by atoms with E-state index in [1.165, 1.54) is 27.7 Å². The number of hydrogen-bond acceptors (Lipinski definition) is 8. The van der Waals surface area contributed by atoms with Crippen LogP contribution in [0.3, 0.4) is 0 Å². The predicted molar refractivity (Wildman–Crippen MR) is 103 cm³/mol. The zero-order valence-corrected chi connectivity index (χ0v) is 21.3. The molecule has 30 heavy (non-hydrogen) atoms. The Balaban J connectivity index is 0. The van der Waals surface area contributed by atoms with E-state index in [9.17, 15) is 37.6 Å². The molecule has 0 heterocycles. The molecule has 10 nitrogen and oxygen atoms in total. The quantitative estimate of drug-likeness (QED) is 0.154. The summed E-state index contributed by atoms with van der Waals surface area (Å²) in [5.41, 5.74) is -1.37. The Bertz CT molecular complexity index is 681. The Morgan fingerprint density at radius 3 is 2.10 bits per heavy atom. The molecule has 0 aromatic rings. The molecule has 1 amide bonds. The van der Waals surface area contributed by atoms with Crippen molar-refractivity contribution >= 4 is 28.0 Å². The Kier molecular flexibility index (Phi) is 14.3. The maximum Gasteiger partial charge on any atom is 1.00 e. The van der Waals surface area contributed by atoms with Crippen LogP contribution >= 0.6 is 0 Å². The molecular weight excluding hydrogens is 429 g/mol. The predicted octanol–water partition coefficient (Wildman–Crippen LogP) is -2.36. The van der Waals surface area contributed by atoms with Crippen LogP contribution in [0.2, 0.25) is 0 Å². The third-order valence-corrected chi connectivity index (χ3v) is 5.39. The minimum Gasteiger partial charge on any atom is -0.748 e. The van der Waals surface area contributed by atoms with Crippen molar-refractivity contribution in [3.8, 4) is 0 Å². The molecule has 0 rings (SSSR count). The van der Waals surface area contributed by atoms with Crippen LogP contribution in [0.15, 0.2) is 0 Å². The summed E-state index contributed by atoms with van der Waals surface area (Å²) in [5.74, 6) is -5.07. The average Bonchev–Trinajstić information content (AvgIpc) is 2.49. The summed E-state index contributed by atoms with van der Waals surface area (Å²) in [6.07, 6.45) is -1.29. The first kappa shape index (κ1) is 31.5. The van der Waals surface area contributed by atoms with Gasteiger partial charge in [0.05, 0.1) is 27.9 Å². The van der Waals surface area contributed by atoms with Gasteiger partial charge in [0.15, 0.2) is 0 Å². The molecule has 0 spiro atoms. The van der Waals surface area contributed by atoms with Crippen LogP contribution in [0.5, 0.6) is 0 Å². The Morgan fingerprint density at radius 1 is 1.17 bits per heavy atom. The van der Waals surface area contributed by atoms with Crippen molar-refractivity contribution in [2.24, 2.45) is 11.8 Å². The van der Waals surface area contributed by atoms with Crippen LogP contribution in [0.4, 0.5) is 0 Å². The summed E-state index contributed by atoms with van der Waals surface area (Å²) >= 11 is 0. The van der Waals surface area contributed by atoms with Crippen molar-refractivity contribution in [2.75, 3.05) is 5.75 Å². The molecule has 0 aliphatic heterocycles. The molecule has 0 saturated heterocycles. The molecule has 0 aromatic carbocycles. The second-order valence-electron chi connectivity index (χ2n) is 8.01. The van der Waals surface area contributed by atoms with E-state index in [1.807, 2.05) is 0 Å². The van der Waals surface area contributed by atoms with E-state index >= 15 is 0 Å². The Morgan fingerprint density at radius 2 is 1.70 bits per heavy atom. The fraction of sp³-hybridized carbons (Fsp3) is 0.833. The fourth-order valence-electron chi connectivity index (χ4n) is 2.97. The van der Waals surface area contributed by atoms with Gasteiger partial charge in [-0.15, -0.1) is 0 Å². The minimum absolute atomic E-state index is 0. The van der Waals surface area contributed by atoms with Crippen molar-refractivity contribution < 1.29 is 71.9 Å². The second-order valence-corrected chi connectivity index (χ2v) is 9.42. The molecule has 0 fully saturated rings. The van der Waals surface area contributed by atoms with Gasteiger partial charge in [0.25, 0.3) is 0 Å². The van der Waals surface area contributed by atoms with Gasteiger partial charge in [0, 0.05) is 24.8 Å². The summed E-state index contributed by atoms with van der Waals surface area (Å²) in [4.78, 5) is 35.4. The first-order valence-electron chi connectivity index (χ1n) is 9.40. The minimum atomic E-state index is -4.61. The number of aliphatic hydroxyl groups is 1. The van der Waals surface area contributed by atoms with Crippen molar-refractivity contribution in [1.82, 2.24) is 5.32 Å². The average molecular weight is 462 g/mol. The molecule has 0 aliphatic rings. The number of carboxylic acid groups (broad SMARTS) is 1. The number of nitrogens with one attached hydrogen (secondary N) is 1. The van der Waals surface area contributed by atoms with Crippen molar-refractivity contribution in [2.45, 2.75) is 78.0 Å². The molecule has 0 saturated carbocycles. The van der Waals surface area contributed by atoms with Gasteiger partial charge < -0.3 is 24.8 Å². The van der Waals surface area contributed by atoms with Gasteiger partial charge in [-0.1, -0.05) is 13.8 Å². The number of aliphatic carboxylic acids is 1. The van der Waals surface area contributed by atoms with Gasteiger partial charge in [0.2, 0.25) is 5.91 Å². The molecule has 4 atom stereocenters. The maximum absolute atomic E-state index is 12.8. The van der Waals surface area contributed by atoms with Crippen LogP contribution in [0, 0.1) is 11.8 Å². The first-order valence-corrected chi connectivity index (χ1v) is 11.0. The van der Waals surface area contributed by atoms with Gasteiger partial charge in [0.1, 0.15) is 6.10 Å². The molecule has 3 N–H and O–H groups in total. The van der Waals surface area contributed by atoms with E-state index in [4.69, 9.17) is 4.74 Å². The molecule has 4 unspecified atom stereocenters. The van der Waals surface area contributed by atoms with E-state index in [1.54, 1.807) is 6.92 Å². The summed E-state index contributed by atoms with van der Waals surface area (Å²) in [7, 11) is -4.61. The SMILES string of the molecule is CCC(O)CC(CC(CC(C)C(=O)O)C(=O)NC(C)(C)CS(=O)(=O)[O-])OC(C)=O.[Na+]. The molecule has 0 bridgehead atoms. The third kappa shape index (κ3) is 14.3. The number of carbonyl (C=O) groups excluding carboxylic acids is 2. The van der Waals surface area contributed by atoms with Gasteiger partial charge in [-0.3, -0.25) is 14.4 Å². The standard InChI is InChI=1S/C18H33NO9S.Na/c1-6-14(21)9-15(28-12(3)20)8-13(7-11(2)17(23)24)16(22)19-18(4,5)10-29(25,26)27;/h11,13-15,21H,6-10H2,1-5H3,(H,19,22)(H,23,24)(H,25,26,27);/q;+1/p-1. The summed E-state index contributed by atoms with van der Waals surface area (Å²) in [5, 5.41) is 21.5. The van der Waals surface area contributed by atoms with Gasteiger partial charge >= 0.3 is 41.5 Å². The van der Waals surface area contributed by atoms with E-state index in [0.717, 1.165) is 0 Å². The van der Waals surface area contributed by atoms with E-state index < -0.39 is 63.3 Å². The van der Waals surface area contributed by atoms with Crippen LogP contribution in [0.1, 0.15) is 60.3 Å². The summed E-state index contributed by atoms with van der Waals surface area (Å²) in [6, 6.07) is 0. The second kappa shape index (κ2) is 13.6. The van der Waals surface area contributed by atoms with Gasteiger partial charge in [-0.25, -0.2) is 8.42 Å². The molecule has 0 aromatic heterocycles. The van der Waals surface area contributed by atoms with Gasteiger partial charge in [-0.05, 0) is 33.1 Å². The fourth-order valence-corrected chi connectivity index (χ4v) is 3.92. The number of ether oxygens (including phenoxy) is 1. The van der Waals surface area contributed by atoms with Crippen molar-refractivity contribution in [3.05, 3.63) is 0 Å². The largest absolute Gasteiger partial charge is 1.00 e. The smallest absolute Gasteiger partial charge is 0.748 e. The van der Waals surface area contributed by atoms with E-state index in [2.05, 4.69) is 5.32 Å². The monoisotopic (exact) mass is 461 g/mol. The Hall–Kier alpha value is -0.720. The van der Waals surface area contributed by atoms with Crippen LogP contribution in [-0.4, -0.2) is 64.5 Å². The third-order valence-electron chi connectivity index (χ3n) is 4.32. The number of hydrogen-bond donors (Lipinski definition) is 3. The zero-order chi connectivity index (χ0) is 23.0. The maximum atomic E-state index is 12.8. The number of aliphatic hydroxyl groups excluding tert-OH is 1. The zero-order valence-electron chi connectivity index (χ0n) is 18.5. The van der Waals surface area contributed by atoms with E-state index in [0.29, 0.717) is 6.42 Å². The Labute approximate surface area is 200 Å². The number of rotatable bonds is 13. The molecule has 170 valence electrons. The normalized spacial score (nSPS) is 15.8. The molecule has 0 radical (unpaired) electrons. The first-order chi connectivity index (χ1) is 13.1. The molecule has 12 heteroatoms. The van der Waals surface area contributed by atoms with Crippen LogP contribution < -0.4 is 34.9 Å². The summed E-state index contributed by atoms with van der Waals surface area (Å²) in [6.45, 7) is 7.06. The molecule has 0 aliphatic carbocycles. The number of amides is 1. The summed E-state index contributed by atoms with van der Waals surface area (Å²) < 4.78 is 38.3. The number of carbonyl (C=O) groups is 3. The number of carboxylic acids is 1. The van der Waals surface area contributed by atoms with E-state index in [-0.39, 0.29) is 48.8 Å². The topological polar surface area (TPSA) is 170 Å². The van der Waals surface area contributed by atoms with Crippen molar-refractivity contribution in [3.63, 3.8) is 0 Å². The number of esters is 1. The van der Waals surface area contributed by atoms with Crippen molar-refractivity contribution in [1.29, 1.82) is 0 Å².